The van der Waals surface area contributed by atoms with Gasteiger partial charge in [-0.25, -0.2) is 12.7 Å². The summed E-state index contributed by atoms with van der Waals surface area (Å²) >= 11 is 0. The molecule has 120 valence electrons. The summed E-state index contributed by atoms with van der Waals surface area (Å²) in [5.41, 5.74) is 2.14. The molecule has 2 rings (SSSR count). The second kappa shape index (κ2) is 6.10. The molecule has 0 saturated carbocycles. The molecule has 0 N–H and O–H groups in total. The molecule has 1 heterocycles. The van der Waals surface area contributed by atoms with E-state index in [2.05, 4.69) is 5.10 Å². The second-order valence-corrected chi connectivity index (χ2v) is 7.39. The van der Waals surface area contributed by atoms with Crippen molar-refractivity contribution in [2.45, 2.75) is 25.3 Å². The predicted molar refractivity (Wildman–Crippen MR) is 84.7 cm³/mol. The minimum absolute atomic E-state index is 0.278. The van der Waals surface area contributed by atoms with Gasteiger partial charge in [0.2, 0.25) is 10.0 Å². The minimum Gasteiger partial charge on any atom is -0.497 e. The van der Waals surface area contributed by atoms with Crippen molar-refractivity contribution in [2.24, 2.45) is 0 Å². The molecule has 1 aromatic carbocycles. The lowest BCUT2D eigenvalue weighted by Gasteiger charge is -2.12. The molecule has 0 bridgehead atoms. The second-order valence-electron chi connectivity index (χ2n) is 5.30. The topological polar surface area (TPSA) is 64.4 Å². The molecule has 1 aromatic heterocycles. The fourth-order valence-corrected chi connectivity index (χ4v) is 3.59. The zero-order valence-corrected chi connectivity index (χ0v) is 14.3. The molecular weight excluding hydrogens is 302 g/mol. The summed E-state index contributed by atoms with van der Waals surface area (Å²) in [6.45, 7) is 3.98. The van der Waals surface area contributed by atoms with E-state index in [0.29, 0.717) is 17.9 Å². The molecule has 7 heteroatoms. The van der Waals surface area contributed by atoms with Gasteiger partial charge in [-0.1, -0.05) is 12.1 Å². The van der Waals surface area contributed by atoms with Crippen molar-refractivity contribution in [3.05, 3.63) is 41.2 Å². The summed E-state index contributed by atoms with van der Waals surface area (Å²) in [4.78, 5) is 0.278. The van der Waals surface area contributed by atoms with Crippen molar-refractivity contribution < 1.29 is 13.2 Å². The lowest BCUT2D eigenvalue weighted by molar-refractivity contribution is 0.414. The zero-order chi connectivity index (χ0) is 16.5. The number of benzene rings is 1. The zero-order valence-electron chi connectivity index (χ0n) is 13.5. The quantitative estimate of drug-likeness (QED) is 0.842. The van der Waals surface area contributed by atoms with Gasteiger partial charge < -0.3 is 4.74 Å². The Labute approximate surface area is 131 Å². The predicted octanol–water partition coefficient (Wildman–Crippen LogP) is 1.81. The summed E-state index contributed by atoms with van der Waals surface area (Å²) in [6, 6.07) is 7.64. The minimum atomic E-state index is -3.50. The number of aryl methyl sites for hydroxylation is 1. The van der Waals surface area contributed by atoms with Crippen molar-refractivity contribution >= 4 is 10.0 Å². The largest absolute Gasteiger partial charge is 0.497 e. The van der Waals surface area contributed by atoms with Crippen LogP contribution >= 0.6 is 0 Å². The highest BCUT2D eigenvalue weighted by Crippen LogP contribution is 2.23. The normalized spacial score (nSPS) is 11.9. The van der Waals surface area contributed by atoms with Gasteiger partial charge in [-0.05, 0) is 31.5 Å². The van der Waals surface area contributed by atoms with Crippen LogP contribution in [0.2, 0.25) is 0 Å². The van der Waals surface area contributed by atoms with Gasteiger partial charge in [0, 0.05) is 14.1 Å². The van der Waals surface area contributed by atoms with E-state index in [4.69, 9.17) is 4.74 Å². The van der Waals surface area contributed by atoms with Gasteiger partial charge in [-0.3, -0.25) is 4.68 Å². The standard InChI is InChI=1S/C15H21N3O3S/c1-11-15(22(19,20)17(3)4)12(2)18(16-11)10-13-7-6-8-14(9-13)21-5/h6-9H,10H2,1-5H3. The van der Waals surface area contributed by atoms with E-state index in [1.54, 1.807) is 25.6 Å². The molecule has 0 amide bonds. The molecule has 2 aromatic rings. The highest BCUT2D eigenvalue weighted by molar-refractivity contribution is 7.89. The average Bonchev–Trinajstić information content (AvgIpc) is 2.73. The van der Waals surface area contributed by atoms with Crippen LogP contribution in [0.5, 0.6) is 5.75 Å². The summed E-state index contributed by atoms with van der Waals surface area (Å²) in [5, 5.41) is 4.38. The molecule has 22 heavy (non-hydrogen) atoms. The number of nitrogens with zero attached hydrogens (tertiary/aromatic N) is 3. The number of hydrogen-bond donors (Lipinski definition) is 0. The van der Waals surface area contributed by atoms with Crippen LogP contribution in [0.25, 0.3) is 0 Å². The van der Waals surface area contributed by atoms with Gasteiger partial charge in [0.1, 0.15) is 10.6 Å². The van der Waals surface area contributed by atoms with Crippen LogP contribution in [0, 0.1) is 13.8 Å². The Morgan fingerprint density at radius 1 is 1.27 bits per heavy atom. The van der Waals surface area contributed by atoms with Crippen molar-refractivity contribution in [1.82, 2.24) is 14.1 Å². The lowest BCUT2D eigenvalue weighted by Crippen LogP contribution is -2.23. The molecule has 0 aliphatic carbocycles. The maximum atomic E-state index is 12.4. The van der Waals surface area contributed by atoms with E-state index >= 15 is 0 Å². The molecule has 0 aliphatic heterocycles. The highest BCUT2D eigenvalue weighted by atomic mass is 32.2. The van der Waals surface area contributed by atoms with Crippen LogP contribution in [-0.4, -0.2) is 43.7 Å². The monoisotopic (exact) mass is 323 g/mol. The third kappa shape index (κ3) is 3.00. The lowest BCUT2D eigenvalue weighted by atomic mass is 10.2. The van der Waals surface area contributed by atoms with Gasteiger partial charge in [0.25, 0.3) is 0 Å². The van der Waals surface area contributed by atoms with Crippen LogP contribution in [0.15, 0.2) is 29.2 Å². The number of methoxy groups -OCH3 is 1. The third-order valence-corrected chi connectivity index (χ3v) is 5.59. The van der Waals surface area contributed by atoms with Crippen LogP contribution in [0.1, 0.15) is 17.0 Å². The molecule has 6 nitrogen and oxygen atoms in total. The molecule has 0 spiro atoms. The number of rotatable bonds is 5. The SMILES string of the molecule is COc1cccc(Cn2nc(C)c(S(=O)(=O)N(C)C)c2C)c1. The van der Waals surface area contributed by atoms with Crippen molar-refractivity contribution in [3.63, 3.8) is 0 Å². The third-order valence-electron chi connectivity index (χ3n) is 3.52. The first kappa shape index (κ1) is 16.5. The maximum Gasteiger partial charge on any atom is 0.246 e. The van der Waals surface area contributed by atoms with Gasteiger partial charge in [0.15, 0.2) is 0 Å². The van der Waals surface area contributed by atoms with E-state index in [0.717, 1.165) is 11.3 Å². The van der Waals surface area contributed by atoms with Gasteiger partial charge in [-0.2, -0.15) is 5.10 Å². The summed E-state index contributed by atoms with van der Waals surface area (Å²) in [6.07, 6.45) is 0. The summed E-state index contributed by atoms with van der Waals surface area (Å²) in [7, 11) is 1.16. The molecule has 0 atom stereocenters. The fraction of sp³-hybridized carbons (Fsp3) is 0.400. The van der Waals surface area contributed by atoms with Crippen LogP contribution < -0.4 is 4.74 Å². The van der Waals surface area contributed by atoms with Crippen LogP contribution in [0.4, 0.5) is 0 Å². The number of hydrogen-bond acceptors (Lipinski definition) is 4. The van der Waals surface area contributed by atoms with Crippen molar-refractivity contribution in [3.8, 4) is 5.75 Å². The first-order chi connectivity index (χ1) is 10.3. The van der Waals surface area contributed by atoms with Crippen LogP contribution in [0.3, 0.4) is 0 Å². The molecule has 0 aliphatic rings. The fourth-order valence-electron chi connectivity index (χ4n) is 2.33. The molecule has 0 fully saturated rings. The first-order valence-corrected chi connectivity index (χ1v) is 8.31. The van der Waals surface area contributed by atoms with Gasteiger partial charge >= 0.3 is 0 Å². The molecule has 0 radical (unpaired) electrons. The number of aromatic nitrogens is 2. The highest BCUT2D eigenvalue weighted by Gasteiger charge is 2.26. The molecular formula is C15H21N3O3S. The number of ether oxygens (including phenoxy) is 1. The number of sulfonamides is 1. The van der Waals surface area contributed by atoms with E-state index in [1.807, 2.05) is 24.3 Å². The smallest absolute Gasteiger partial charge is 0.246 e. The Bertz CT molecular complexity index is 779. The van der Waals surface area contributed by atoms with Crippen molar-refractivity contribution in [2.75, 3.05) is 21.2 Å². The molecule has 0 saturated heterocycles. The van der Waals surface area contributed by atoms with Crippen LogP contribution in [-0.2, 0) is 16.6 Å². The van der Waals surface area contributed by atoms with Gasteiger partial charge in [-0.15, -0.1) is 0 Å². The Morgan fingerprint density at radius 2 is 1.95 bits per heavy atom. The van der Waals surface area contributed by atoms with Gasteiger partial charge in [0.05, 0.1) is 25.0 Å². The average molecular weight is 323 g/mol. The van der Waals surface area contributed by atoms with E-state index in [-0.39, 0.29) is 4.90 Å². The summed E-state index contributed by atoms with van der Waals surface area (Å²) < 4.78 is 32.9. The Balaban J connectivity index is 2.42. The summed E-state index contributed by atoms with van der Waals surface area (Å²) in [5.74, 6) is 0.764. The van der Waals surface area contributed by atoms with E-state index in [9.17, 15) is 8.42 Å². The first-order valence-electron chi connectivity index (χ1n) is 6.87. The molecule has 0 unspecified atom stereocenters. The van der Waals surface area contributed by atoms with E-state index < -0.39 is 10.0 Å². The Kier molecular flexibility index (Phi) is 4.58. The van der Waals surface area contributed by atoms with Crippen molar-refractivity contribution in [1.29, 1.82) is 0 Å². The Morgan fingerprint density at radius 3 is 2.55 bits per heavy atom. The Hall–Kier alpha value is -1.86. The van der Waals surface area contributed by atoms with E-state index in [1.165, 1.54) is 18.4 Å². The maximum absolute atomic E-state index is 12.4.